The number of sulfonamides is 2. The van der Waals surface area contributed by atoms with Crippen molar-refractivity contribution in [2.45, 2.75) is 28.3 Å². The molecule has 2 aromatic carbocycles. The zero-order valence-electron chi connectivity index (χ0n) is 32.3. The van der Waals surface area contributed by atoms with Gasteiger partial charge in [-0.3, -0.25) is 24.0 Å². The Kier molecular flexibility index (Phi) is 13.3. The number of aromatic nitrogens is 5. The third-order valence-electron chi connectivity index (χ3n) is 9.34. The van der Waals surface area contributed by atoms with Gasteiger partial charge in [0, 0.05) is 41.7 Å². The molecular formula is C39H23Cl4F6N9O6S2. The monoisotopic (exact) mass is 1030 g/mol. The van der Waals surface area contributed by atoms with Crippen LogP contribution in [0, 0.1) is 5.92 Å². The number of ketones is 2. The SMILES string of the molecule is O=C(C1=CC=NC2NC=CC12)c1ncc(Cl)cc1NS(=O)(=O)c1ccc(Cl)c(C(F)(F)F)c1.O=C(c1ncc(Cl)cc1NS(=O)(=O)c1ccc(Cl)c(C(F)(F)F)c1)c1ncnc2[nH]ccc12. The van der Waals surface area contributed by atoms with Crippen molar-refractivity contribution in [1.29, 1.82) is 0 Å². The molecule has 0 amide bonds. The Labute approximate surface area is 388 Å². The third kappa shape index (κ3) is 10.1. The molecule has 342 valence electrons. The van der Waals surface area contributed by atoms with E-state index in [1.165, 1.54) is 18.5 Å². The minimum absolute atomic E-state index is 0.0100. The summed E-state index contributed by atoms with van der Waals surface area (Å²) in [6.45, 7) is 0. The molecule has 0 aliphatic carbocycles. The third-order valence-corrected chi connectivity index (χ3v) is 13.1. The van der Waals surface area contributed by atoms with Gasteiger partial charge < -0.3 is 10.3 Å². The van der Waals surface area contributed by atoms with E-state index < -0.39 is 80.8 Å². The van der Waals surface area contributed by atoms with E-state index in [1.54, 1.807) is 18.3 Å². The van der Waals surface area contributed by atoms with E-state index in [1.807, 2.05) is 0 Å². The number of rotatable bonds is 10. The Balaban J connectivity index is 0.000000196. The predicted octanol–water partition coefficient (Wildman–Crippen LogP) is 9.17. The van der Waals surface area contributed by atoms with Gasteiger partial charge in [0.05, 0.1) is 52.4 Å². The predicted molar refractivity (Wildman–Crippen MR) is 231 cm³/mol. The zero-order chi connectivity index (χ0) is 47.9. The largest absolute Gasteiger partial charge is 0.417 e. The molecule has 6 aromatic rings. The van der Waals surface area contributed by atoms with E-state index in [0.29, 0.717) is 28.7 Å². The van der Waals surface area contributed by atoms with Crippen molar-refractivity contribution in [3.63, 3.8) is 0 Å². The van der Waals surface area contributed by atoms with E-state index >= 15 is 0 Å². The number of nitrogens with one attached hydrogen (secondary N) is 4. The fourth-order valence-corrected chi connectivity index (χ4v) is 9.25. The average molecular weight is 1030 g/mol. The van der Waals surface area contributed by atoms with Crippen molar-refractivity contribution < 1.29 is 52.8 Å². The van der Waals surface area contributed by atoms with Crippen molar-refractivity contribution in [1.82, 2.24) is 30.2 Å². The van der Waals surface area contributed by atoms with Crippen LogP contribution in [0.4, 0.5) is 37.7 Å². The standard InChI is InChI=1S/C20H13Cl2F3N4O3S.C19H10Cl2F3N5O3S/c21-10-7-16(29-33(31,32)11-1-2-15(22)14(8-11)20(23,24)25)17(28-9-10)18(30)12-3-5-26-19-13(12)4-6-27-19;20-9-5-14(29-33(31,32)10-1-2-13(21)12(6-10)19(22,23)24)16(26-7-9)17(30)15-11-3-4-25-18(11)28-8-27-15/h1-9,13,19,27,29H;1-8,29H,(H,25,27,28). The molecule has 2 aliphatic heterocycles. The lowest BCUT2D eigenvalue weighted by atomic mass is 9.90. The van der Waals surface area contributed by atoms with Crippen molar-refractivity contribution in [3.8, 4) is 0 Å². The van der Waals surface area contributed by atoms with Crippen LogP contribution in [0.3, 0.4) is 0 Å². The highest BCUT2D eigenvalue weighted by Gasteiger charge is 2.37. The number of hydrogen-bond acceptors (Lipinski definition) is 12. The molecular weight excluding hydrogens is 1010 g/mol. The second-order valence-corrected chi connectivity index (χ2v) is 18.7. The molecule has 66 heavy (non-hydrogen) atoms. The number of hydrogen-bond donors (Lipinski definition) is 4. The summed E-state index contributed by atoms with van der Waals surface area (Å²) in [4.78, 5) is 47.8. The first-order valence-electron chi connectivity index (χ1n) is 18.1. The molecule has 2 unspecified atom stereocenters. The first-order chi connectivity index (χ1) is 30.9. The molecule has 2 aliphatic rings. The van der Waals surface area contributed by atoms with Crippen LogP contribution in [0.25, 0.3) is 11.0 Å². The van der Waals surface area contributed by atoms with E-state index in [9.17, 15) is 52.8 Å². The molecule has 27 heteroatoms. The average Bonchev–Trinajstić information content (AvgIpc) is 3.93. The van der Waals surface area contributed by atoms with Gasteiger partial charge in [-0.05, 0) is 66.9 Å². The number of aliphatic imine (C=N–C) groups is 1. The smallest absolute Gasteiger partial charge is 0.369 e. The van der Waals surface area contributed by atoms with Gasteiger partial charge in [0.1, 0.15) is 35.2 Å². The number of alkyl halides is 6. The number of aromatic amines is 1. The van der Waals surface area contributed by atoms with Crippen LogP contribution in [0.5, 0.6) is 0 Å². The fourth-order valence-electron chi connectivity index (χ4n) is 6.31. The number of fused-ring (bicyclic) bond motifs is 2. The number of Topliss-reactive ketones (excluding diaryl/α,β-unsaturated/α-hetero) is 1. The molecule has 0 fully saturated rings. The minimum atomic E-state index is -4.88. The second-order valence-electron chi connectivity index (χ2n) is 13.6. The number of anilines is 2. The molecule has 6 heterocycles. The van der Waals surface area contributed by atoms with Gasteiger partial charge in [-0.2, -0.15) is 26.3 Å². The van der Waals surface area contributed by atoms with E-state index in [2.05, 4.69) is 44.7 Å². The van der Waals surface area contributed by atoms with Crippen molar-refractivity contribution in [2.75, 3.05) is 9.44 Å². The van der Waals surface area contributed by atoms with E-state index in [0.717, 1.165) is 55.1 Å². The molecule has 0 saturated heterocycles. The van der Waals surface area contributed by atoms with Crippen LogP contribution in [0.2, 0.25) is 20.1 Å². The summed E-state index contributed by atoms with van der Waals surface area (Å²) in [5.41, 5.74) is -3.31. The number of halogens is 10. The number of carbonyl (C=O) groups is 2. The summed E-state index contributed by atoms with van der Waals surface area (Å²) in [5, 5.41) is 2.00. The zero-order valence-corrected chi connectivity index (χ0v) is 36.9. The molecule has 4 aromatic heterocycles. The lowest BCUT2D eigenvalue weighted by molar-refractivity contribution is -0.138. The maximum Gasteiger partial charge on any atom is 0.417 e. The summed E-state index contributed by atoms with van der Waals surface area (Å²) in [7, 11) is -9.16. The van der Waals surface area contributed by atoms with Gasteiger partial charge in [0.2, 0.25) is 11.6 Å². The fraction of sp³-hybridized carbons (Fsp3) is 0.103. The Morgan fingerprint density at radius 1 is 0.667 bits per heavy atom. The number of dihydropyridines is 1. The Morgan fingerprint density at radius 3 is 1.73 bits per heavy atom. The van der Waals surface area contributed by atoms with Crippen LogP contribution >= 0.6 is 46.4 Å². The first kappa shape index (κ1) is 47.8. The van der Waals surface area contributed by atoms with Gasteiger partial charge >= 0.3 is 12.4 Å². The maximum absolute atomic E-state index is 13.2. The molecule has 2 atom stereocenters. The molecule has 8 rings (SSSR count). The van der Waals surface area contributed by atoms with Crippen molar-refractivity contribution in [3.05, 3.63) is 152 Å². The maximum atomic E-state index is 13.2. The Bertz CT molecular complexity index is 3280. The van der Waals surface area contributed by atoms with E-state index in [-0.39, 0.29) is 44.7 Å². The number of nitrogens with zero attached hydrogens (tertiary/aromatic N) is 5. The number of allylic oxidation sites excluding steroid dienone is 1. The van der Waals surface area contributed by atoms with Crippen molar-refractivity contribution in [2.24, 2.45) is 10.9 Å². The van der Waals surface area contributed by atoms with Crippen LogP contribution in [-0.4, -0.2) is 65.7 Å². The van der Waals surface area contributed by atoms with E-state index in [4.69, 9.17) is 46.4 Å². The van der Waals surface area contributed by atoms with Gasteiger partial charge in [-0.1, -0.05) is 52.5 Å². The lowest BCUT2D eigenvalue weighted by Crippen LogP contribution is -2.31. The topological polar surface area (TPSA) is 218 Å². The second kappa shape index (κ2) is 18.3. The quantitative estimate of drug-likeness (QED) is 0.0749. The highest BCUT2D eigenvalue weighted by atomic mass is 35.5. The number of carbonyl (C=O) groups excluding carboxylic acids is 2. The molecule has 0 bridgehead atoms. The van der Waals surface area contributed by atoms with Gasteiger partial charge in [0.25, 0.3) is 20.0 Å². The van der Waals surface area contributed by atoms with Gasteiger partial charge in [0.15, 0.2) is 0 Å². The van der Waals surface area contributed by atoms with Crippen LogP contribution in [0.1, 0.15) is 37.8 Å². The Hall–Kier alpha value is -6.11. The number of pyridine rings is 2. The highest BCUT2D eigenvalue weighted by molar-refractivity contribution is 7.93. The minimum Gasteiger partial charge on any atom is -0.369 e. The number of benzene rings is 2. The van der Waals surface area contributed by atoms with Crippen LogP contribution < -0.4 is 14.8 Å². The Morgan fingerprint density at radius 2 is 1.20 bits per heavy atom. The first-order valence-corrected chi connectivity index (χ1v) is 22.6. The molecule has 4 N–H and O–H groups in total. The van der Waals surface area contributed by atoms with Crippen molar-refractivity contribution >= 4 is 107 Å². The summed E-state index contributed by atoms with van der Waals surface area (Å²) in [5.74, 6) is -1.75. The van der Waals surface area contributed by atoms with Crippen LogP contribution in [0.15, 0.2) is 118 Å². The van der Waals surface area contributed by atoms with Crippen LogP contribution in [-0.2, 0) is 32.4 Å². The summed E-state index contributed by atoms with van der Waals surface area (Å²) in [6.07, 6.45) is 1.15. The molecule has 0 spiro atoms. The lowest BCUT2D eigenvalue weighted by Gasteiger charge is -2.21. The highest BCUT2D eigenvalue weighted by Crippen LogP contribution is 2.38. The summed E-state index contributed by atoms with van der Waals surface area (Å²) < 4.78 is 135. The number of H-pyrrole nitrogens is 1. The molecule has 15 nitrogen and oxygen atoms in total. The molecule has 0 saturated carbocycles. The normalized spacial score (nSPS) is 15.9. The van der Waals surface area contributed by atoms with Gasteiger partial charge in [-0.15, -0.1) is 0 Å². The summed E-state index contributed by atoms with van der Waals surface area (Å²) in [6, 6.07) is 8.05. The van der Waals surface area contributed by atoms with Gasteiger partial charge in [-0.25, -0.2) is 36.8 Å². The molecule has 0 radical (unpaired) electrons. The summed E-state index contributed by atoms with van der Waals surface area (Å²) >= 11 is 23.0.